The molecule has 1 unspecified atom stereocenters. The molecule has 1 aliphatic heterocycles. The predicted octanol–water partition coefficient (Wildman–Crippen LogP) is 5.11. The van der Waals surface area contributed by atoms with Crippen molar-refractivity contribution in [2.75, 3.05) is 26.2 Å². The molecule has 2 atom stereocenters. The summed E-state index contributed by atoms with van der Waals surface area (Å²) < 4.78 is 79.2. The molecule has 8 heteroatoms. The normalized spacial score (nSPS) is 19.4. The topological polar surface area (TPSA) is 15.3 Å². The van der Waals surface area contributed by atoms with Crippen LogP contribution in [0.1, 0.15) is 49.4 Å². The number of rotatable bonds is 5. The Morgan fingerprint density at radius 3 is 1.88 bits per heavy atom. The van der Waals surface area contributed by atoms with Gasteiger partial charge in [-0.1, -0.05) is 20.3 Å². The molecule has 26 heavy (non-hydrogen) atoms. The maximum absolute atomic E-state index is 13.2. The van der Waals surface area contributed by atoms with Gasteiger partial charge in [-0.25, -0.2) is 0 Å². The van der Waals surface area contributed by atoms with Crippen molar-refractivity contribution in [3.05, 3.63) is 34.9 Å². The molecule has 0 amide bonds. The van der Waals surface area contributed by atoms with Gasteiger partial charge in [0, 0.05) is 32.2 Å². The number of hydrogen-bond donors (Lipinski definition) is 1. The van der Waals surface area contributed by atoms with E-state index >= 15 is 0 Å². The predicted molar refractivity (Wildman–Crippen MR) is 87.7 cm³/mol. The molecule has 2 rings (SSSR count). The Morgan fingerprint density at radius 2 is 1.46 bits per heavy atom. The van der Waals surface area contributed by atoms with Crippen molar-refractivity contribution in [1.82, 2.24) is 10.2 Å². The average Bonchev–Trinajstić information content (AvgIpc) is 2.54. The van der Waals surface area contributed by atoms with Crippen molar-refractivity contribution in [1.29, 1.82) is 0 Å². The summed E-state index contributed by atoms with van der Waals surface area (Å²) in [4.78, 5) is 1.99. The van der Waals surface area contributed by atoms with Gasteiger partial charge in [-0.2, -0.15) is 26.3 Å². The van der Waals surface area contributed by atoms with E-state index in [9.17, 15) is 26.3 Å². The summed E-state index contributed by atoms with van der Waals surface area (Å²) >= 11 is 0. The van der Waals surface area contributed by atoms with Gasteiger partial charge in [-0.15, -0.1) is 0 Å². The highest BCUT2D eigenvalue weighted by molar-refractivity contribution is 5.35. The van der Waals surface area contributed by atoms with E-state index in [-0.39, 0.29) is 17.5 Å². The Hall–Kier alpha value is -1.28. The monoisotopic (exact) mass is 382 g/mol. The van der Waals surface area contributed by atoms with Gasteiger partial charge >= 0.3 is 12.4 Å². The molecule has 1 heterocycles. The summed E-state index contributed by atoms with van der Waals surface area (Å²) in [5, 5.41) is 3.16. The lowest BCUT2D eigenvalue weighted by molar-refractivity contribution is -0.143. The minimum Gasteiger partial charge on any atom is -0.314 e. The smallest absolute Gasteiger partial charge is 0.314 e. The molecular formula is C18H24F6N2. The molecule has 0 radical (unpaired) electrons. The first-order valence-electron chi connectivity index (χ1n) is 8.78. The summed E-state index contributed by atoms with van der Waals surface area (Å²) in [7, 11) is 0. The lowest BCUT2D eigenvalue weighted by Gasteiger charge is -2.39. The van der Waals surface area contributed by atoms with E-state index in [0.717, 1.165) is 25.0 Å². The first kappa shape index (κ1) is 21.0. The van der Waals surface area contributed by atoms with Gasteiger partial charge in [0.1, 0.15) is 0 Å². The van der Waals surface area contributed by atoms with Crippen LogP contribution >= 0.6 is 0 Å². The zero-order valence-electron chi connectivity index (χ0n) is 14.8. The highest BCUT2D eigenvalue weighted by Crippen LogP contribution is 2.40. The van der Waals surface area contributed by atoms with Crippen LogP contribution in [0, 0.1) is 5.92 Å². The molecule has 0 bridgehead atoms. The fourth-order valence-corrected chi connectivity index (χ4v) is 3.62. The van der Waals surface area contributed by atoms with E-state index < -0.39 is 29.5 Å². The van der Waals surface area contributed by atoms with E-state index in [2.05, 4.69) is 5.32 Å². The van der Waals surface area contributed by atoms with Crippen molar-refractivity contribution in [2.45, 2.75) is 45.1 Å². The van der Waals surface area contributed by atoms with Crippen molar-refractivity contribution >= 4 is 0 Å². The molecule has 0 spiro atoms. The maximum Gasteiger partial charge on any atom is 0.416 e. The summed E-state index contributed by atoms with van der Waals surface area (Å²) in [6.45, 7) is 6.37. The molecule has 1 fully saturated rings. The number of nitrogens with one attached hydrogen (secondary N) is 1. The fraction of sp³-hybridized carbons (Fsp3) is 0.667. The Labute approximate surface area is 149 Å². The summed E-state index contributed by atoms with van der Waals surface area (Å²) in [5.41, 5.74) is -2.40. The summed E-state index contributed by atoms with van der Waals surface area (Å²) in [6, 6.07) is 1.49. The summed E-state index contributed by atoms with van der Waals surface area (Å²) in [6.07, 6.45) is -8.10. The Balaban J connectivity index is 2.54. The number of piperazine rings is 1. The minimum atomic E-state index is -4.82. The maximum atomic E-state index is 13.2. The second-order valence-corrected chi connectivity index (χ2v) is 6.84. The first-order valence-corrected chi connectivity index (χ1v) is 8.78. The fourth-order valence-electron chi connectivity index (χ4n) is 3.62. The van der Waals surface area contributed by atoms with Gasteiger partial charge in [-0.3, -0.25) is 4.90 Å². The van der Waals surface area contributed by atoms with Crippen molar-refractivity contribution in [2.24, 2.45) is 5.92 Å². The van der Waals surface area contributed by atoms with Crippen LogP contribution < -0.4 is 5.32 Å². The van der Waals surface area contributed by atoms with Crippen LogP contribution in [0.25, 0.3) is 0 Å². The standard InChI is InChI=1S/C18H24F6N2/c1-3-4-12(2)16(26-7-5-25-6-8-26)13-9-14(17(19,20)21)11-15(10-13)18(22,23)24/h9-12,16,25H,3-8H2,1-2H3/t12?,16-/m1/s1. The lowest BCUT2D eigenvalue weighted by Crippen LogP contribution is -2.46. The summed E-state index contributed by atoms with van der Waals surface area (Å²) in [5.74, 6) is -0.0531. The molecule has 1 aliphatic rings. The van der Waals surface area contributed by atoms with Gasteiger partial charge in [0.15, 0.2) is 0 Å². The number of halogens is 6. The third kappa shape index (κ3) is 5.13. The molecule has 2 nitrogen and oxygen atoms in total. The van der Waals surface area contributed by atoms with E-state index in [0.29, 0.717) is 26.2 Å². The van der Waals surface area contributed by atoms with Crippen LogP contribution in [-0.2, 0) is 12.4 Å². The van der Waals surface area contributed by atoms with Crippen LogP contribution in [0.15, 0.2) is 18.2 Å². The van der Waals surface area contributed by atoms with Crippen molar-refractivity contribution < 1.29 is 26.3 Å². The molecule has 148 valence electrons. The van der Waals surface area contributed by atoms with Crippen LogP contribution in [-0.4, -0.2) is 31.1 Å². The van der Waals surface area contributed by atoms with E-state index in [4.69, 9.17) is 0 Å². The third-order valence-electron chi connectivity index (χ3n) is 4.78. The molecule has 1 N–H and O–H groups in total. The quantitative estimate of drug-likeness (QED) is 0.713. The first-order chi connectivity index (χ1) is 12.0. The number of alkyl halides is 6. The number of benzene rings is 1. The number of hydrogen-bond acceptors (Lipinski definition) is 2. The molecule has 0 aromatic heterocycles. The molecular weight excluding hydrogens is 358 g/mol. The van der Waals surface area contributed by atoms with Crippen molar-refractivity contribution in [3.63, 3.8) is 0 Å². The van der Waals surface area contributed by atoms with E-state index in [1.165, 1.54) is 0 Å². The largest absolute Gasteiger partial charge is 0.416 e. The number of nitrogens with zero attached hydrogens (tertiary/aromatic N) is 1. The van der Waals surface area contributed by atoms with Gasteiger partial charge < -0.3 is 5.32 Å². The highest BCUT2D eigenvalue weighted by atomic mass is 19.4. The zero-order valence-corrected chi connectivity index (χ0v) is 14.8. The highest BCUT2D eigenvalue weighted by Gasteiger charge is 2.38. The van der Waals surface area contributed by atoms with Gasteiger partial charge in [0.05, 0.1) is 11.1 Å². The molecule has 1 aromatic carbocycles. The average molecular weight is 382 g/mol. The Morgan fingerprint density at radius 1 is 0.962 bits per heavy atom. The molecule has 0 aliphatic carbocycles. The van der Waals surface area contributed by atoms with Crippen LogP contribution in [0.4, 0.5) is 26.3 Å². The van der Waals surface area contributed by atoms with Crippen LogP contribution in [0.3, 0.4) is 0 Å². The van der Waals surface area contributed by atoms with Crippen LogP contribution in [0.2, 0.25) is 0 Å². The lowest BCUT2D eigenvalue weighted by atomic mass is 9.87. The van der Waals surface area contributed by atoms with Gasteiger partial charge in [0.25, 0.3) is 0 Å². The van der Waals surface area contributed by atoms with E-state index in [1.807, 2.05) is 18.7 Å². The van der Waals surface area contributed by atoms with Crippen molar-refractivity contribution in [3.8, 4) is 0 Å². The Kier molecular flexibility index (Phi) is 6.60. The Bertz CT molecular complexity index is 558. The second-order valence-electron chi connectivity index (χ2n) is 6.84. The zero-order chi connectivity index (χ0) is 19.5. The van der Waals surface area contributed by atoms with Crippen LogP contribution in [0.5, 0.6) is 0 Å². The second kappa shape index (κ2) is 8.17. The van der Waals surface area contributed by atoms with E-state index in [1.54, 1.807) is 0 Å². The molecule has 0 saturated carbocycles. The molecule has 1 saturated heterocycles. The van der Waals surface area contributed by atoms with Gasteiger partial charge in [0.2, 0.25) is 0 Å². The molecule has 1 aromatic rings. The van der Waals surface area contributed by atoms with Gasteiger partial charge in [-0.05, 0) is 36.1 Å². The third-order valence-corrected chi connectivity index (χ3v) is 4.78. The SMILES string of the molecule is CCCC(C)[C@H](c1cc(C(F)(F)F)cc(C(F)(F)F)c1)N1CCNCC1. The minimum absolute atomic E-state index is 0.0531.